The molecule has 0 aliphatic carbocycles. The molecule has 1 aromatic carbocycles. The van der Waals surface area contributed by atoms with Crippen LogP contribution in [-0.2, 0) is 6.42 Å². The average molecular weight is 394 g/mol. The van der Waals surface area contributed by atoms with Crippen LogP contribution in [-0.4, -0.2) is 34.4 Å². The second-order valence-electron chi connectivity index (χ2n) is 7.01. The topological polar surface area (TPSA) is 55.3 Å². The summed E-state index contributed by atoms with van der Waals surface area (Å²) in [6.45, 7) is 2.66. The van der Waals surface area contributed by atoms with Gasteiger partial charge in [-0.3, -0.25) is 9.78 Å². The predicted molar refractivity (Wildman–Crippen MR) is 110 cm³/mol. The Bertz CT molecular complexity index is 985. The molecule has 28 heavy (non-hydrogen) atoms. The number of carbonyl (C=O) groups excluding carboxylic acids is 1. The van der Waals surface area contributed by atoms with E-state index in [4.69, 9.17) is 9.72 Å². The maximum Gasteiger partial charge on any atom is 0.266 e. The normalized spacial score (nSPS) is 16.4. The van der Waals surface area contributed by atoms with E-state index in [0.29, 0.717) is 0 Å². The van der Waals surface area contributed by atoms with E-state index in [1.54, 1.807) is 12.6 Å². The Morgan fingerprint density at radius 2 is 2.14 bits per heavy atom. The number of amides is 1. The first-order valence-electron chi connectivity index (χ1n) is 9.45. The molecule has 1 unspecified atom stereocenters. The van der Waals surface area contributed by atoms with Gasteiger partial charge in [0.15, 0.2) is 0 Å². The summed E-state index contributed by atoms with van der Waals surface area (Å²) in [6, 6.07) is 14.2. The van der Waals surface area contributed by atoms with Crippen LogP contribution in [0.4, 0.5) is 0 Å². The summed E-state index contributed by atoms with van der Waals surface area (Å²) in [5.74, 6) is 0.920. The van der Waals surface area contributed by atoms with E-state index in [2.05, 4.69) is 11.1 Å². The van der Waals surface area contributed by atoms with Gasteiger partial charge >= 0.3 is 0 Å². The number of thiazole rings is 1. The van der Waals surface area contributed by atoms with Crippen molar-refractivity contribution in [3.8, 4) is 5.75 Å². The minimum absolute atomic E-state index is 0.0271. The Balaban J connectivity index is 1.56. The SMILES string of the molecule is COc1cccc(Cc2cccc(C3CCCN3C(=O)c3scnc3C)n2)c1. The molecule has 3 heterocycles. The van der Waals surface area contributed by atoms with Crippen LogP contribution in [0.1, 0.15) is 51.2 Å². The fraction of sp³-hybridized carbons (Fsp3) is 0.318. The number of nitrogens with zero attached hydrogens (tertiary/aromatic N) is 3. The number of rotatable bonds is 5. The summed E-state index contributed by atoms with van der Waals surface area (Å²) in [4.78, 5) is 24.8. The molecule has 0 bridgehead atoms. The van der Waals surface area contributed by atoms with Crippen LogP contribution in [0.5, 0.6) is 5.75 Å². The van der Waals surface area contributed by atoms with Crippen molar-refractivity contribution in [1.82, 2.24) is 14.9 Å². The van der Waals surface area contributed by atoms with Gasteiger partial charge in [-0.1, -0.05) is 18.2 Å². The number of likely N-dealkylation sites (tertiary alicyclic amines) is 1. The number of pyridine rings is 1. The first-order valence-corrected chi connectivity index (χ1v) is 10.3. The number of aryl methyl sites for hydroxylation is 1. The third kappa shape index (κ3) is 3.78. The number of ether oxygens (including phenoxy) is 1. The summed E-state index contributed by atoms with van der Waals surface area (Å²) in [7, 11) is 1.68. The molecule has 1 amide bonds. The predicted octanol–water partition coefficient (Wildman–Crippen LogP) is 4.42. The maximum absolute atomic E-state index is 13.0. The lowest BCUT2D eigenvalue weighted by Gasteiger charge is -2.24. The van der Waals surface area contributed by atoms with Gasteiger partial charge in [-0.05, 0) is 49.6 Å². The number of benzene rings is 1. The lowest BCUT2D eigenvalue weighted by Crippen LogP contribution is -2.31. The molecular weight excluding hydrogens is 370 g/mol. The highest BCUT2D eigenvalue weighted by Crippen LogP contribution is 2.33. The van der Waals surface area contributed by atoms with Crippen molar-refractivity contribution < 1.29 is 9.53 Å². The fourth-order valence-electron chi connectivity index (χ4n) is 3.73. The van der Waals surface area contributed by atoms with Crippen molar-refractivity contribution in [2.75, 3.05) is 13.7 Å². The van der Waals surface area contributed by atoms with Crippen LogP contribution in [0.15, 0.2) is 48.0 Å². The van der Waals surface area contributed by atoms with E-state index in [0.717, 1.165) is 59.1 Å². The lowest BCUT2D eigenvalue weighted by molar-refractivity contribution is 0.0736. The van der Waals surface area contributed by atoms with E-state index in [-0.39, 0.29) is 11.9 Å². The molecule has 1 saturated heterocycles. The molecule has 6 heteroatoms. The minimum atomic E-state index is 0.0271. The molecule has 1 aliphatic heterocycles. The highest BCUT2D eigenvalue weighted by atomic mass is 32.1. The Labute approximate surface area is 169 Å². The quantitative estimate of drug-likeness (QED) is 0.644. The van der Waals surface area contributed by atoms with Gasteiger partial charge in [0, 0.05) is 18.7 Å². The molecule has 0 saturated carbocycles. The van der Waals surface area contributed by atoms with Gasteiger partial charge in [-0.25, -0.2) is 4.98 Å². The van der Waals surface area contributed by atoms with Crippen LogP contribution >= 0.6 is 11.3 Å². The fourth-order valence-corrected chi connectivity index (χ4v) is 4.49. The molecule has 1 aliphatic rings. The van der Waals surface area contributed by atoms with Crippen molar-refractivity contribution in [2.45, 2.75) is 32.2 Å². The Morgan fingerprint density at radius 3 is 2.93 bits per heavy atom. The summed E-state index contributed by atoms with van der Waals surface area (Å²) in [5.41, 5.74) is 5.66. The highest BCUT2D eigenvalue weighted by Gasteiger charge is 2.32. The number of hydrogen-bond donors (Lipinski definition) is 0. The average Bonchev–Trinajstić information content (AvgIpc) is 3.37. The van der Waals surface area contributed by atoms with E-state index in [1.165, 1.54) is 11.3 Å². The molecule has 5 nitrogen and oxygen atoms in total. The van der Waals surface area contributed by atoms with Gasteiger partial charge < -0.3 is 9.64 Å². The zero-order chi connectivity index (χ0) is 19.5. The van der Waals surface area contributed by atoms with Crippen LogP contribution in [0.25, 0.3) is 0 Å². The third-order valence-electron chi connectivity index (χ3n) is 5.14. The zero-order valence-corrected chi connectivity index (χ0v) is 16.9. The lowest BCUT2D eigenvalue weighted by atomic mass is 10.1. The Morgan fingerprint density at radius 1 is 1.29 bits per heavy atom. The second-order valence-corrected chi connectivity index (χ2v) is 7.86. The zero-order valence-electron chi connectivity index (χ0n) is 16.1. The van der Waals surface area contributed by atoms with Crippen LogP contribution in [0, 0.1) is 6.92 Å². The first-order chi connectivity index (χ1) is 13.7. The van der Waals surface area contributed by atoms with E-state index in [9.17, 15) is 4.79 Å². The number of hydrogen-bond acceptors (Lipinski definition) is 5. The molecule has 1 fully saturated rings. The van der Waals surface area contributed by atoms with Crippen LogP contribution in [0.3, 0.4) is 0 Å². The molecule has 0 N–H and O–H groups in total. The van der Waals surface area contributed by atoms with Crippen molar-refractivity contribution >= 4 is 17.2 Å². The second kappa shape index (κ2) is 8.10. The highest BCUT2D eigenvalue weighted by molar-refractivity contribution is 7.11. The number of carbonyl (C=O) groups is 1. The maximum atomic E-state index is 13.0. The van der Waals surface area contributed by atoms with Gasteiger partial charge in [0.25, 0.3) is 5.91 Å². The standard InChI is InChI=1S/C22H23N3O2S/c1-15-21(28-14-23-15)22(26)25-11-5-10-20(25)19-9-4-7-17(24-19)12-16-6-3-8-18(13-16)27-2/h3-4,6-9,13-14,20H,5,10-12H2,1-2H3. The molecule has 0 radical (unpaired) electrons. The summed E-state index contributed by atoms with van der Waals surface area (Å²) < 4.78 is 5.31. The van der Waals surface area contributed by atoms with E-state index >= 15 is 0 Å². The van der Waals surface area contributed by atoms with Gasteiger partial charge in [0.05, 0.1) is 30.1 Å². The van der Waals surface area contributed by atoms with Gasteiger partial charge in [-0.2, -0.15) is 0 Å². The Kier molecular flexibility index (Phi) is 5.39. The van der Waals surface area contributed by atoms with Crippen LogP contribution in [0.2, 0.25) is 0 Å². The van der Waals surface area contributed by atoms with E-state index < -0.39 is 0 Å². The molecule has 3 aromatic rings. The molecular formula is C22H23N3O2S. The van der Waals surface area contributed by atoms with Crippen molar-refractivity contribution in [3.63, 3.8) is 0 Å². The molecule has 1 atom stereocenters. The van der Waals surface area contributed by atoms with Gasteiger partial charge in [-0.15, -0.1) is 11.3 Å². The van der Waals surface area contributed by atoms with Gasteiger partial charge in [0.2, 0.25) is 0 Å². The molecule has 2 aromatic heterocycles. The number of methoxy groups -OCH3 is 1. The largest absolute Gasteiger partial charge is 0.497 e. The van der Waals surface area contributed by atoms with Crippen molar-refractivity contribution in [3.05, 3.63) is 75.5 Å². The van der Waals surface area contributed by atoms with Crippen LogP contribution < -0.4 is 4.74 Å². The molecule has 144 valence electrons. The molecule has 0 spiro atoms. The third-order valence-corrected chi connectivity index (χ3v) is 6.06. The Hall–Kier alpha value is -2.73. The molecule has 4 rings (SSSR count). The summed E-state index contributed by atoms with van der Waals surface area (Å²) in [5, 5.41) is 0. The van der Waals surface area contributed by atoms with E-state index in [1.807, 2.05) is 48.2 Å². The first kappa shape index (κ1) is 18.6. The minimum Gasteiger partial charge on any atom is -0.497 e. The summed E-state index contributed by atoms with van der Waals surface area (Å²) >= 11 is 1.42. The monoisotopic (exact) mass is 393 g/mol. The number of aromatic nitrogens is 2. The smallest absolute Gasteiger partial charge is 0.266 e. The summed E-state index contributed by atoms with van der Waals surface area (Å²) in [6.07, 6.45) is 2.68. The van der Waals surface area contributed by atoms with Gasteiger partial charge in [0.1, 0.15) is 10.6 Å². The van der Waals surface area contributed by atoms with Crippen molar-refractivity contribution in [1.29, 1.82) is 0 Å². The van der Waals surface area contributed by atoms with Crippen molar-refractivity contribution in [2.24, 2.45) is 0 Å².